The summed E-state index contributed by atoms with van der Waals surface area (Å²) >= 11 is 0. The summed E-state index contributed by atoms with van der Waals surface area (Å²) in [6.07, 6.45) is 0. The fourth-order valence-electron chi connectivity index (χ4n) is 1.77. The van der Waals surface area contributed by atoms with Crippen molar-refractivity contribution in [2.45, 2.75) is 0 Å². The van der Waals surface area contributed by atoms with Crippen LogP contribution >= 0.6 is 0 Å². The lowest BCUT2D eigenvalue weighted by Crippen LogP contribution is -2.31. The molecule has 1 N–H and O–H groups in total. The molecule has 0 heterocycles. The van der Waals surface area contributed by atoms with Crippen molar-refractivity contribution in [2.24, 2.45) is 0 Å². The Morgan fingerprint density at radius 1 is 1.33 bits per heavy atom. The van der Waals surface area contributed by atoms with Gasteiger partial charge in [-0.05, 0) is 20.2 Å². The summed E-state index contributed by atoms with van der Waals surface area (Å²) < 4.78 is 10.1. The predicted octanol–water partition coefficient (Wildman–Crippen LogP) is 0.903. The van der Waals surface area contributed by atoms with E-state index < -0.39 is 10.8 Å². The number of benzene rings is 1. The predicted molar refractivity (Wildman–Crippen MR) is 77.1 cm³/mol. The van der Waals surface area contributed by atoms with Crippen molar-refractivity contribution in [2.75, 3.05) is 41.4 Å². The zero-order valence-corrected chi connectivity index (χ0v) is 12.5. The van der Waals surface area contributed by atoms with Crippen molar-refractivity contribution in [3.63, 3.8) is 0 Å². The van der Waals surface area contributed by atoms with E-state index in [9.17, 15) is 14.9 Å². The number of hydrogen-bond donors (Lipinski definition) is 1. The van der Waals surface area contributed by atoms with Gasteiger partial charge in [0.15, 0.2) is 0 Å². The lowest BCUT2D eigenvalue weighted by atomic mass is 10.1. The average molecular weight is 297 g/mol. The molecule has 1 rings (SSSR count). The van der Waals surface area contributed by atoms with E-state index in [0.29, 0.717) is 13.1 Å². The number of rotatable bonds is 7. The number of nitro groups is 1. The molecule has 0 unspecified atom stereocenters. The molecule has 0 atom stereocenters. The molecule has 1 amide bonds. The van der Waals surface area contributed by atoms with Crippen LogP contribution in [-0.4, -0.2) is 57.1 Å². The topological polar surface area (TPSA) is 93.9 Å². The van der Waals surface area contributed by atoms with Crippen molar-refractivity contribution < 1.29 is 19.2 Å². The van der Waals surface area contributed by atoms with E-state index >= 15 is 0 Å². The summed E-state index contributed by atoms with van der Waals surface area (Å²) in [5.74, 6) is -0.365. The minimum atomic E-state index is -0.602. The number of nitro benzene ring substituents is 1. The maximum atomic E-state index is 12.2. The Kier molecular flexibility index (Phi) is 5.92. The molecule has 0 aliphatic rings. The molecule has 0 saturated carbocycles. The maximum Gasteiger partial charge on any atom is 0.312 e. The zero-order valence-electron chi connectivity index (χ0n) is 12.5. The molecule has 8 heteroatoms. The first-order valence-corrected chi connectivity index (χ1v) is 6.24. The van der Waals surface area contributed by atoms with E-state index in [4.69, 9.17) is 9.47 Å². The van der Waals surface area contributed by atoms with E-state index in [-0.39, 0.29) is 22.7 Å². The van der Waals surface area contributed by atoms with E-state index in [1.807, 2.05) is 19.0 Å². The highest BCUT2D eigenvalue weighted by Gasteiger charge is 2.27. The number of methoxy groups -OCH3 is 2. The molecule has 0 aromatic heterocycles. The Bertz CT molecular complexity index is 531. The maximum absolute atomic E-state index is 12.2. The van der Waals surface area contributed by atoms with Crippen LogP contribution in [0.25, 0.3) is 0 Å². The number of nitrogens with one attached hydrogen (secondary N) is 1. The highest BCUT2D eigenvalue weighted by Crippen LogP contribution is 2.36. The number of hydrogen-bond acceptors (Lipinski definition) is 6. The van der Waals surface area contributed by atoms with Gasteiger partial charge in [-0.3, -0.25) is 14.9 Å². The van der Waals surface area contributed by atoms with Gasteiger partial charge in [0.1, 0.15) is 11.3 Å². The summed E-state index contributed by atoms with van der Waals surface area (Å²) in [4.78, 5) is 24.6. The summed E-state index contributed by atoms with van der Waals surface area (Å²) in [7, 11) is 6.41. The second kappa shape index (κ2) is 7.44. The van der Waals surface area contributed by atoms with Gasteiger partial charge in [0, 0.05) is 19.2 Å². The molecule has 0 bridgehead atoms. The third kappa shape index (κ3) is 4.06. The molecule has 8 nitrogen and oxygen atoms in total. The number of carbonyl (C=O) groups is 1. The third-order valence-electron chi connectivity index (χ3n) is 2.79. The van der Waals surface area contributed by atoms with Crippen molar-refractivity contribution in [1.82, 2.24) is 10.2 Å². The van der Waals surface area contributed by atoms with Crippen LogP contribution < -0.4 is 14.8 Å². The SMILES string of the molecule is COc1ccc([N+](=O)[O-])c(OC)c1C(=O)NCCN(C)C. The standard InChI is InChI=1S/C13H19N3O5/c1-15(2)8-7-14-13(17)11-10(20-3)6-5-9(16(18)19)12(11)21-4/h5-6H,7-8H2,1-4H3,(H,14,17). The number of likely N-dealkylation sites (N-methyl/N-ethyl adjacent to an activating group) is 1. The molecule has 1 aromatic rings. The molecule has 0 fully saturated rings. The monoisotopic (exact) mass is 297 g/mol. The van der Waals surface area contributed by atoms with Gasteiger partial charge in [-0.2, -0.15) is 0 Å². The number of nitrogens with zero attached hydrogens (tertiary/aromatic N) is 2. The van der Waals surface area contributed by atoms with Crippen LogP contribution in [0.2, 0.25) is 0 Å². The second-order valence-electron chi connectivity index (χ2n) is 4.51. The fraction of sp³-hybridized carbons (Fsp3) is 0.462. The van der Waals surface area contributed by atoms with Gasteiger partial charge in [-0.15, -0.1) is 0 Å². The first kappa shape index (κ1) is 16.7. The summed E-state index contributed by atoms with van der Waals surface area (Å²) in [5, 5.41) is 13.7. The smallest absolute Gasteiger partial charge is 0.312 e. The molecule has 0 saturated heterocycles. The van der Waals surface area contributed by atoms with Gasteiger partial charge < -0.3 is 19.7 Å². The second-order valence-corrected chi connectivity index (χ2v) is 4.51. The Morgan fingerprint density at radius 2 is 2.00 bits per heavy atom. The third-order valence-corrected chi connectivity index (χ3v) is 2.79. The molecule has 0 radical (unpaired) electrons. The number of carbonyl (C=O) groups excluding carboxylic acids is 1. The van der Waals surface area contributed by atoms with Crippen LogP contribution in [0, 0.1) is 10.1 Å². The van der Waals surface area contributed by atoms with E-state index in [1.54, 1.807) is 0 Å². The highest BCUT2D eigenvalue weighted by atomic mass is 16.6. The van der Waals surface area contributed by atoms with Gasteiger partial charge in [0.05, 0.1) is 19.1 Å². The van der Waals surface area contributed by atoms with E-state index in [1.165, 1.54) is 26.4 Å². The molecular weight excluding hydrogens is 278 g/mol. The molecule has 21 heavy (non-hydrogen) atoms. The van der Waals surface area contributed by atoms with Crippen LogP contribution in [0.5, 0.6) is 11.5 Å². The molecule has 1 aromatic carbocycles. The van der Waals surface area contributed by atoms with Gasteiger partial charge in [-0.1, -0.05) is 0 Å². The van der Waals surface area contributed by atoms with Crippen LogP contribution in [0.15, 0.2) is 12.1 Å². The van der Waals surface area contributed by atoms with Crippen LogP contribution in [0.1, 0.15) is 10.4 Å². The molecule has 0 aliphatic heterocycles. The van der Waals surface area contributed by atoms with Crippen LogP contribution in [-0.2, 0) is 0 Å². The quantitative estimate of drug-likeness (QED) is 0.593. The zero-order chi connectivity index (χ0) is 16.0. The van der Waals surface area contributed by atoms with Gasteiger partial charge in [-0.25, -0.2) is 0 Å². The Hall–Kier alpha value is -2.35. The Balaban J connectivity index is 3.15. The summed E-state index contributed by atoms with van der Waals surface area (Å²) in [6.45, 7) is 1.05. The first-order valence-electron chi connectivity index (χ1n) is 6.24. The van der Waals surface area contributed by atoms with Crippen molar-refractivity contribution >= 4 is 11.6 Å². The largest absolute Gasteiger partial charge is 0.496 e. The Morgan fingerprint density at radius 3 is 2.48 bits per heavy atom. The van der Waals surface area contributed by atoms with E-state index in [2.05, 4.69) is 5.32 Å². The number of amides is 1. The molecular formula is C13H19N3O5. The average Bonchev–Trinajstić information content (AvgIpc) is 2.44. The molecule has 0 spiro atoms. The van der Waals surface area contributed by atoms with Crippen molar-refractivity contribution in [3.8, 4) is 11.5 Å². The lowest BCUT2D eigenvalue weighted by molar-refractivity contribution is -0.385. The minimum absolute atomic E-state index is 0.0213. The molecule has 116 valence electrons. The van der Waals surface area contributed by atoms with E-state index in [0.717, 1.165) is 0 Å². The lowest BCUT2D eigenvalue weighted by Gasteiger charge is -2.14. The van der Waals surface area contributed by atoms with Crippen LogP contribution in [0.3, 0.4) is 0 Å². The molecule has 0 aliphatic carbocycles. The van der Waals surface area contributed by atoms with Gasteiger partial charge in [0.25, 0.3) is 5.91 Å². The van der Waals surface area contributed by atoms with Gasteiger partial charge >= 0.3 is 5.69 Å². The van der Waals surface area contributed by atoms with Gasteiger partial charge in [0.2, 0.25) is 5.75 Å². The fourth-order valence-corrected chi connectivity index (χ4v) is 1.77. The first-order chi connectivity index (χ1) is 9.92. The minimum Gasteiger partial charge on any atom is -0.496 e. The number of ether oxygens (including phenoxy) is 2. The summed E-state index contributed by atoms with van der Waals surface area (Å²) in [5.41, 5.74) is -0.260. The van der Waals surface area contributed by atoms with Crippen molar-refractivity contribution in [1.29, 1.82) is 0 Å². The Labute approximate surface area is 122 Å². The highest BCUT2D eigenvalue weighted by molar-refractivity contribution is 6.01. The van der Waals surface area contributed by atoms with Crippen LogP contribution in [0.4, 0.5) is 5.69 Å². The normalized spacial score (nSPS) is 10.3. The summed E-state index contributed by atoms with van der Waals surface area (Å²) in [6, 6.07) is 2.62. The van der Waals surface area contributed by atoms with Crippen molar-refractivity contribution in [3.05, 3.63) is 27.8 Å².